The maximum Gasteiger partial charge on any atom is 0.324 e. The van der Waals surface area contributed by atoms with E-state index in [1.807, 2.05) is 6.08 Å². The number of nitrogens with zero attached hydrogens (tertiary/aromatic N) is 1. The number of methoxy groups -OCH3 is 1. The average molecular weight is 224 g/mol. The summed E-state index contributed by atoms with van der Waals surface area (Å²) in [5.74, 6) is 0. The maximum absolute atomic E-state index is 10.3. The standard InChI is InChI=1S/C10H12N2O4/c1-16-10-4-2-3-8(5-10)11-6-9(7-13)12(14)15/h2-3,5-7,10-11H,4H2,1H3/b9-6+. The molecular formula is C10H12N2O4. The third kappa shape index (κ3) is 3.32. The van der Waals surface area contributed by atoms with Gasteiger partial charge in [-0.3, -0.25) is 14.9 Å². The monoisotopic (exact) mass is 224 g/mol. The lowest BCUT2D eigenvalue weighted by atomic mass is 10.1. The van der Waals surface area contributed by atoms with Gasteiger partial charge in [0.15, 0.2) is 0 Å². The Morgan fingerprint density at radius 3 is 3.06 bits per heavy atom. The van der Waals surface area contributed by atoms with Crippen molar-refractivity contribution in [1.82, 2.24) is 5.32 Å². The van der Waals surface area contributed by atoms with Gasteiger partial charge in [-0.15, -0.1) is 0 Å². The Kier molecular flexibility index (Phi) is 4.41. The average Bonchev–Trinajstić information content (AvgIpc) is 2.29. The minimum atomic E-state index is -0.749. The third-order valence-corrected chi connectivity index (χ3v) is 2.05. The van der Waals surface area contributed by atoms with Crippen LogP contribution >= 0.6 is 0 Å². The minimum Gasteiger partial charge on any atom is -0.377 e. The van der Waals surface area contributed by atoms with Gasteiger partial charge in [0.1, 0.15) is 0 Å². The van der Waals surface area contributed by atoms with Gasteiger partial charge >= 0.3 is 5.70 Å². The Morgan fingerprint density at radius 2 is 2.50 bits per heavy atom. The van der Waals surface area contributed by atoms with Crippen molar-refractivity contribution in [2.75, 3.05) is 7.11 Å². The molecule has 86 valence electrons. The Morgan fingerprint density at radius 1 is 1.75 bits per heavy atom. The van der Waals surface area contributed by atoms with Gasteiger partial charge in [0.2, 0.25) is 6.29 Å². The molecule has 1 atom stereocenters. The number of carbonyl (C=O) groups is 1. The van der Waals surface area contributed by atoms with Crippen LogP contribution < -0.4 is 5.32 Å². The van der Waals surface area contributed by atoms with E-state index in [0.717, 1.165) is 12.6 Å². The number of rotatable bonds is 5. The molecule has 0 amide bonds. The van der Waals surface area contributed by atoms with Crippen LogP contribution in [-0.4, -0.2) is 24.4 Å². The fraction of sp³-hybridized carbons (Fsp3) is 0.300. The van der Waals surface area contributed by atoms with Gasteiger partial charge in [0, 0.05) is 12.8 Å². The summed E-state index contributed by atoms with van der Waals surface area (Å²) >= 11 is 0. The van der Waals surface area contributed by atoms with Crippen LogP contribution in [0, 0.1) is 10.1 Å². The molecule has 0 aromatic carbocycles. The van der Waals surface area contributed by atoms with Gasteiger partial charge in [0.25, 0.3) is 0 Å². The second-order valence-corrected chi connectivity index (χ2v) is 3.12. The summed E-state index contributed by atoms with van der Waals surface area (Å²) in [7, 11) is 1.58. The lowest BCUT2D eigenvalue weighted by Gasteiger charge is -2.14. The van der Waals surface area contributed by atoms with Crippen molar-refractivity contribution in [2.24, 2.45) is 0 Å². The molecule has 1 aliphatic carbocycles. The quantitative estimate of drug-likeness (QED) is 0.322. The summed E-state index contributed by atoms with van der Waals surface area (Å²) in [5, 5.41) is 13.0. The van der Waals surface area contributed by atoms with Gasteiger partial charge in [-0.1, -0.05) is 6.08 Å². The zero-order chi connectivity index (χ0) is 12.0. The van der Waals surface area contributed by atoms with Crippen molar-refractivity contribution in [3.05, 3.63) is 45.9 Å². The zero-order valence-electron chi connectivity index (χ0n) is 8.75. The van der Waals surface area contributed by atoms with Crippen LogP contribution in [0.1, 0.15) is 6.42 Å². The number of allylic oxidation sites excluding steroid dienone is 2. The molecular weight excluding hydrogens is 212 g/mol. The molecule has 0 aromatic rings. The van der Waals surface area contributed by atoms with Gasteiger partial charge in [0.05, 0.1) is 17.2 Å². The molecule has 1 N–H and O–H groups in total. The van der Waals surface area contributed by atoms with Crippen molar-refractivity contribution >= 4 is 6.29 Å². The molecule has 0 aromatic heterocycles. The predicted molar refractivity (Wildman–Crippen MR) is 56.9 cm³/mol. The summed E-state index contributed by atoms with van der Waals surface area (Å²) in [5.41, 5.74) is 0.146. The second kappa shape index (κ2) is 5.82. The van der Waals surface area contributed by atoms with Crippen LogP contribution in [-0.2, 0) is 9.53 Å². The van der Waals surface area contributed by atoms with Gasteiger partial charge in [-0.25, -0.2) is 0 Å². The smallest absolute Gasteiger partial charge is 0.324 e. The topological polar surface area (TPSA) is 81.5 Å². The first-order valence-corrected chi connectivity index (χ1v) is 4.64. The molecule has 1 rings (SSSR count). The molecule has 6 heteroatoms. The highest BCUT2D eigenvalue weighted by molar-refractivity contribution is 5.69. The number of nitrogens with one attached hydrogen (secondary N) is 1. The number of hydrogen-bond acceptors (Lipinski definition) is 5. The van der Waals surface area contributed by atoms with Crippen LogP contribution in [0.5, 0.6) is 0 Å². The predicted octanol–water partition coefficient (Wildman–Crippen LogP) is 0.752. The fourth-order valence-corrected chi connectivity index (χ4v) is 1.20. The molecule has 0 spiro atoms. The van der Waals surface area contributed by atoms with Crippen LogP contribution in [0.15, 0.2) is 35.8 Å². The van der Waals surface area contributed by atoms with Gasteiger partial charge < -0.3 is 10.1 Å². The Balaban J connectivity index is 2.67. The summed E-state index contributed by atoms with van der Waals surface area (Å²) in [4.78, 5) is 19.9. The Bertz CT molecular complexity index is 371. The van der Waals surface area contributed by atoms with E-state index >= 15 is 0 Å². The van der Waals surface area contributed by atoms with E-state index in [1.54, 1.807) is 19.3 Å². The lowest BCUT2D eigenvalue weighted by molar-refractivity contribution is -0.417. The molecule has 0 radical (unpaired) electrons. The summed E-state index contributed by atoms with van der Waals surface area (Å²) in [6, 6.07) is 0. The van der Waals surface area contributed by atoms with Crippen molar-refractivity contribution in [2.45, 2.75) is 12.5 Å². The Labute approximate surface area is 92.4 Å². The van der Waals surface area contributed by atoms with Crippen molar-refractivity contribution in [3.63, 3.8) is 0 Å². The summed E-state index contributed by atoms with van der Waals surface area (Å²) in [6.45, 7) is 0. The van der Waals surface area contributed by atoms with E-state index in [4.69, 9.17) is 4.74 Å². The second-order valence-electron chi connectivity index (χ2n) is 3.12. The highest BCUT2D eigenvalue weighted by Gasteiger charge is 2.10. The molecule has 0 aliphatic heterocycles. The molecule has 1 unspecified atom stereocenters. The molecule has 0 heterocycles. The number of nitro groups is 1. The SMILES string of the molecule is COC1C=C(N/C=C(\C=O)[N+](=O)[O-])C=CC1. The Hall–Kier alpha value is -1.95. The molecule has 0 saturated heterocycles. The third-order valence-electron chi connectivity index (χ3n) is 2.05. The first-order valence-electron chi connectivity index (χ1n) is 4.64. The normalized spacial score (nSPS) is 20.2. The molecule has 0 bridgehead atoms. The number of hydrogen-bond donors (Lipinski definition) is 1. The fourth-order valence-electron chi connectivity index (χ4n) is 1.20. The number of carbonyl (C=O) groups excluding carboxylic acids is 1. The first-order chi connectivity index (χ1) is 7.67. The van der Waals surface area contributed by atoms with E-state index in [0.29, 0.717) is 5.70 Å². The van der Waals surface area contributed by atoms with Crippen LogP contribution in [0.25, 0.3) is 0 Å². The van der Waals surface area contributed by atoms with Crippen LogP contribution in [0.3, 0.4) is 0 Å². The summed E-state index contributed by atoms with van der Waals surface area (Å²) in [6.07, 6.45) is 7.41. The van der Waals surface area contributed by atoms with E-state index in [2.05, 4.69) is 5.32 Å². The van der Waals surface area contributed by atoms with Crippen molar-refractivity contribution in [1.29, 1.82) is 0 Å². The van der Waals surface area contributed by atoms with Crippen LogP contribution in [0.4, 0.5) is 0 Å². The number of ether oxygens (including phenoxy) is 1. The maximum atomic E-state index is 10.3. The molecule has 0 saturated carbocycles. The van der Waals surface area contributed by atoms with E-state index in [-0.39, 0.29) is 12.4 Å². The van der Waals surface area contributed by atoms with E-state index < -0.39 is 10.6 Å². The van der Waals surface area contributed by atoms with Crippen molar-refractivity contribution < 1.29 is 14.5 Å². The van der Waals surface area contributed by atoms with Crippen LogP contribution in [0.2, 0.25) is 0 Å². The molecule has 16 heavy (non-hydrogen) atoms. The molecule has 6 nitrogen and oxygen atoms in total. The largest absolute Gasteiger partial charge is 0.377 e. The minimum absolute atomic E-state index is 0.0452. The highest BCUT2D eigenvalue weighted by atomic mass is 16.6. The van der Waals surface area contributed by atoms with E-state index in [9.17, 15) is 14.9 Å². The van der Waals surface area contributed by atoms with Crippen molar-refractivity contribution in [3.8, 4) is 0 Å². The van der Waals surface area contributed by atoms with E-state index in [1.165, 1.54) is 0 Å². The lowest BCUT2D eigenvalue weighted by Crippen LogP contribution is -2.16. The molecule has 0 fully saturated rings. The highest BCUT2D eigenvalue weighted by Crippen LogP contribution is 2.10. The molecule has 1 aliphatic rings. The van der Waals surface area contributed by atoms with Gasteiger partial charge in [-0.2, -0.15) is 0 Å². The van der Waals surface area contributed by atoms with Gasteiger partial charge in [-0.05, 0) is 18.6 Å². The number of aldehydes is 1. The summed E-state index contributed by atoms with van der Waals surface area (Å²) < 4.78 is 5.11. The first kappa shape index (κ1) is 12.1. The zero-order valence-corrected chi connectivity index (χ0v) is 8.75.